The number of nitrogens with zero attached hydrogens (tertiary/aromatic N) is 2. The molecule has 2 aromatic rings. The Morgan fingerprint density at radius 3 is 2.77 bits per heavy atom. The number of amides is 1. The second-order valence-corrected chi connectivity index (χ2v) is 7.22. The van der Waals surface area contributed by atoms with Crippen LogP contribution in [0.25, 0.3) is 10.6 Å². The fourth-order valence-electron chi connectivity index (χ4n) is 3.03. The molecule has 1 fully saturated rings. The Bertz CT molecular complexity index is 714. The minimum atomic E-state index is 0. The number of aromatic nitrogens is 1. The average molecular weight is 396 g/mol. The second-order valence-electron chi connectivity index (χ2n) is 6.36. The number of carbonyl (C=O) groups excluding carboxylic acids is 1. The Kier molecular flexibility index (Phi) is 8.03. The van der Waals surface area contributed by atoms with Crippen LogP contribution in [0.15, 0.2) is 29.6 Å². The molecule has 142 valence electrons. The third-order valence-corrected chi connectivity index (χ3v) is 5.41. The van der Waals surface area contributed by atoms with Gasteiger partial charge in [0, 0.05) is 30.6 Å². The maximum Gasteiger partial charge on any atom is 0.273 e. The topological polar surface area (TPSA) is 68.5 Å². The van der Waals surface area contributed by atoms with Crippen LogP contribution in [0.3, 0.4) is 0 Å². The number of thiazole rings is 1. The van der Waals surface area contributed by atoms with Crippen molar-refractivity contribution in [2.24, 2.45) is 5.73 Å². The summed E-state index contributed by atoms with van der Waals surface area (Å²) in [5.74, 6) is 0.0245. The quantitative estimate of drug-likeness (QED) is 0.760. The highest BCUT2D eigenvalue weighted by molar-refractivity contribution is 7.13. The lowest BCUT2D eigenvalue weighted by Gasteiger charge is -2.31. The molecule has 26 heavy (non-hydrogen) atoms. The molecule has 1 aliphatic heterocycles. The van der Waals surface area contributed by atoms with Gasteiger partial charge in [-0.25, -0.2) is 4.98 Å². The molecule has 0 radical (unpaired) electrons. The van der Waals surface area contributed by atoms with E-state index in [2.05, 4.69) is 18.0 Å². The van der Waals surface area contributed by atoms with Gasteiger partial charge in [-0.3, -0.25) is 4.79 Å². The standard InChI is InChI=1S/C19H25N3O2S.ClH/c1-14-5-2-3-6-16(14)18-21-17(13-25-18)19(23)22-10-7-15(8-11-22)24-12-4-9-20;/h2-3,5-6,13,15H,4,7-12,20H2,1H3;1H. The van der Waals surface area contributed by atoms with E-state index in [0.29, 0.717) is 18.8 Å². The number of likely N-dealkylation sites (tertiary alicyclic amines) is 1. The van der Waals surface area contributed by atoms with E-state index in [1.54, 1.807) is 0 Å². The number of ether oxygens (including phenoxy) is 1. The van der Waals surface area contributed by atoms with Gasteiger partial charge in [-0.15, -0.1) is 23.7 Å². The third-order valence-electron chi connectivity index (χ3n) is 4.53. The van der Waals surface area contributed by atoms with Gasteiger partial charge in [0.05, 0.1) is 6.10 Å². The molecule has 2 heterocycles. The zero-order valence-corrected chi connectivity index (χ0v) is 16.7. The van der Waals surface area contributed by atoms with Gasteiger partial charge in [-0.2, -0.15) is 0 Å². The number of nitrogens with two attached hydrogens (primary N) is 1. The summed E-state index contributed by atoms with van der Waals surface area (Å²) in [6.07, 6.45) is 2.89. The van der Waals surface area contributed by atoms with E-state index in [0.717, 1.165) is 42.9 Å². The van der Waals surface area contributed by atoms with E-state index in [1.165, 1.54) is 16.9 Å². The lowest BCUT2D eigenvalue weighted by molar-refractivity contribution is 0.00831. The highest BCUT2D eigenvalue weighted by atomic mass is 35.5. The highest BCUT2D eigenvalue weighted by Gasteiger charge is 2.25. The van der Waals surface area contributed by atoms with Crippen LogP contribution in [0.5, 0.6) is 0 Å². The number of carbonyl (C=O) groups is 1. The number of piperidine rings is 1. The fourth-order valence-corrected chi connectivity index (χ4v) is 3.91. The minimum absolute atomic E-state index is 0. The summed E-state index contributed by atoms with van der Waals surface area (Å²) in [4.78, 5) is 19.2. The van der Waals surface area contributed by atoms with Crippen LogP contribution in [0.1, 0.15) is 35.3 Å². The van der Waals surface area contributed by atoms with Crippen LogP contribution >= 0.6 is 23.7 Å². The van der Waals surface area contributed by atoms with Crippen LogP contribution in [-0.2, 0) is 4.74 Å². The molecule has 1 aliphatic rings. The van der Waals surface area contributed by atoms with Crippen molar-refractivity contribution in [1.29, 1.82) is 0 Å². The first-order valence-electron chi connectivity index (χ1n) is 8.81. The summed E-state index contributed by atoms with van der Waals surface area (Å²) < 4.78 is 5.80. The average Bonchev–Trinajstić information content (AvgIpc) is 3.12. The molecule has 0 unspecified atom stereocenters. The van der Waals surface area contributed by atoms with Gasteiger partial charge >= 0.3 is 0 Å². The summed E-state index contributed by atoms with van der Waals surface area (Å²) >= 11 is 1.53. The molecule has 0 saturated carbocycles. The van der Waals surface area contributed by atoms with Crippen molar-refractivity contribution in [1.82, 2.24) is 9.88 Å². The summed E-state index contributed by atoms with van der Waals surface area (Å²) in [5.41, 5.74) is 8.30. The third kappa shape index (κ3) is 5.04. The Hall–Kier alpha value is -1.47. The van der Waals surface area contributed by atoms with Gasteiger partial charge in [-0.1, -0.05) is 24.3 Å². The number of halogens is 1. The molecular weight excluding hydrogens is 370 g/mol. The summed E-state index contributed by atoms with van der Waals surface area (Å²) in [6, 6.07) is 8.12. The molecule has 0 atom stereocenters. The lowest BCUT2D eigenvalue weighted by Crippen LogP contribution is -2.41. The molecule has 0 bridgehead atoms. The van der Waals surface area contributed by atoms with Gasteiger partial charge in [0.15, 0.2) is 0 Å². The Morgan fingerprint density at radius 1 is 1.35 bits per heavy atom. The summed E-state index contributed by atoms with van der Waals surface area (Å²) in [6.45, 7) is 4.88. The maximum atomic E-state index is 12.7. The van der Waals surface area contributed by atoms with Crippen LogP contribution in [0.2, 0.25) is 0 Å². The molecule has 7 heteroatoms. The molecule has 5 nitrogen and oxygen atoms in total. The number of hydrogen-bond acceptors (Lipinski definition) is 5. The van der Waals surface area contributed by atoms with Gasteiger partial charge in [0.2, 0.25) is 0 Å². The number of benzene rings is 1. The van der Waals surface area contributed by atoms with Crippen molar-refractivity contribution in [3.8, 4) is 10.6 Å². The van der Waals surface area contributed by atoms with Gasteiger partial charge in [-0.05, 0) is 38.3 Å². The van der Waals surface area contributed by atoms with E-state index in [4.69, 9.17) is 10.5 Å². The Balaban J connectivity index is 0.00000243. The van der Waals surface area contributed by atoms with Gasteiger partial charge in [0.1, 0.15) is 10.7 Å². The summed E-state index contributed by atoms with van der Waals surface area (Å²) in [7, 11) is 0. The van der Waals surface area contributed by atoms with Crippen molar-refractivity contribution >= 4 is 29.7 Å². The van der Waals surface area contributed by atoms with Crippen LogP contribution in [-0.4, -0.2) is 48.1 Å². The van der Waals surface area contributed by atoms with E-state index < -0.39 is 0 Å². The minimum Gasteiger partial charge on any atom is -0.378 e. The normalized spacial score (nSPS) is 14.9. The number of rotatable bonds is 6. The first kappa shape index (κ1) is 20.8. The van der Waals surface area contributed by atoms with Crippen molar-refractivity contribution in [2.45, 2.75) is 32.3 Å². The van der Waals surface area contributed by atoms with Crippen LogP contribution < -0.4 is 5.73 Å². The molecule has 1 aromatic carbocycles. The van der Waals surface area contributed by atoms with Crippen molar-refractivity contribution in [3.63, 3.8) is 0 Å². The molecule has 2 N–H and O–H groups in total. The number of aryl methyl sites for hydroxylation is 1. The van der Waals surface area contributed by atoms with Gasteiger partial charge in [0.25, 0.3) is 5.91 Å². The maximum absolute atomic E-state index is 12.7. The monoisotopic (exact) mass is 395 g/mol. The van der Waals surface area contributed by atoms with Crippen LogP contribution in [0.4, 0.5) is 0 Å². The molecule has 1 saturated heterocycles. The van der Waals surface area contributed by atoms with Crippen molar-refractivity contribution < 1.29 is 9.53 Å². The first-order chi connectivity index (χ1) is 12.2. The fraction of sp³-hybridized carbons (Fsp3) is 0.474. The molecule has 1 amide bonds. The number of hydrogen-bond donors (Lipinski definition) is 1. The molecule has 0 aliphatic carbocycles. The smallest absolute Gasteiger partial charge is 0.273 e. The van der Waals surface area contributed by atoms with E-state index >= 15 is 0 Å². The van der Waals surface area contributed by atoms with Crippen molar-refractivity contribution in [3.05, 3.63) is 40.9 Å². The predicted octanol–water partition coefficient (Wildman–Crippen LogP) is 3.51. The largest absolute Gasteiger partial charge is 0.378 e. The zero-order valence-electron chi connectivity index (χ0n) is 15.0. The van der Waals surface area contributed by atoms with Crippen LogP contribution in [0, 0.1) is 6.92 Å². The van der Waals surface area contributed by atoms with Crippen molar-refractivity contribution in [2.75, 3.05) is 26.2 Å². The summed E-state index contributed by atoms with van der Waals surface area (Å²) in [5, 5.41) is 2.77. The molecule has 0 spiro atoms. The van der Waals surface area contributed by atoms with E-state index in [9.17, 15) is 4.79 Å². The van der Waals surface area contributed by atoms with Gasteiger partial charge < -0.3 is 15.4 Å². The molecule has 3 rings (SSSR count). The second kappa shape index (κ2) is 10.0. The Morgan fingerprint density at radius 2 is 2.08 bits per heavy atom. The molecular formula is C19H26ClN3O2S. The predicted molar refractivity (Wildman–Crippen MR) is 108 cm³/mol. The van der Waals surface area contributed by atoms with E-state index in [-0.39, 0.29) is 24.4 Å². The molecule has 1 aromatic heterocycles. The zero-order chi connectivity index (χ0) is 17.6. The highest BCUT2D eigenvalue weighted by Crippen LogP contribution is 2.27. The Labute approximate surface area is 165 Å². The lowest BCUT2D eigenvalue weighted by atomic mass is 10.1. The SMILES string of the molecule is Cc1ccccc1-c1nc(C(=O)N2CCC(OCCCN)CC2)cs1.Cl. The first-order valence-corrected chi connectivity index (χ1v) is 9.69. The van der Waals surface area contributed by atoms with E-state index in [1.807, 2.05) is 28.5 Å².